The number of benzene rings is 1. The fourth-order valence-corrected chi connectivity index (χ4v) is 2.58. The zero-order valence-corrected chi connectivity index (χ0v) is 16.0. The Morgan fingerprint density at radius 3 is 2.59 bits per heavy atom. The number of aromatic nitrogens is 2. The van der Waals surface area contributed by atoms with Gasteiger partial charge in [0.15, 0.2) is 0 Å². The lowest BCUT2D eigenvalue weighted by Gasteiger charge is -2.12. The molecule has 2 N–H and O–H groups in total. The van der Waals surface area contributed by atoms with Crippen LogP contribution in [0.5, 0.6) is 11.5 Å². The van der Waals surface area contributed by atoms with Gasteiger partial charge in [-0.25, -0.2) is 0 Å². The van der Waals surface area contributed by atoms with E-state index in [1.165, 1.54) is 26.5 Å². The number of amides is 2. The Morgan fingerprint density at radius 2 is 1.86 bits per heavy atom. The lowest BCUT2D eigenvalue weighted by molar-refractivity contribution is 0.0950. The number of ether oxygens (including phenoxy) is 2. The highest BCUT2D eigenvalue weighted by atomic mass is 16.5. The van der Waals surface area contributed by atoms with Crippen LogP contribution in [-0.2, 0) is 6.54 Å². The average molecular weight is 392 g/mol. The van der Waals surface area contributed by atoms with Gasteiger partial charge < -0.3 is 20.1 Å². The van der Waals surface area contributed by atoms with Crippen molar-refractivity contribution in [1.29, 1.82) is 0 Å². The minimum atomic E-state index is -0.474. The third-order valence-corrected chi connectivity index (χ3v) is 4.09. The van der Waals surface area contributed by atoms with Crippen LogP contribution >= 0.6 is 0 Å². The van der Waals surface area contributed by atoms with Gasteiger partial charge in [0.1, 0.15) is 17.2 Å². The van der Waals surface area contributed by atoms with E-state index < -0.39 is 5.91 Å². The Hall–Kier alpha value is -3.94. The summed E-state index contributed by atoms with van der Waals surface area (Å²) in [4.78, 5) is 33.1. The number of hydrogen-bond donors (Lipinski definition) is 2. The van der Waals surface area contributed by atoms with Gasteiger partial charge in [0, 0.05) is 36.8 Å². The van der Waals surface area contributed by atoms with Crippen LogP contribution in [0.2, 0.25) is 0 Å². The van der Waals surface area contributed by atoms with E-state index in [4.69, 9.17) is 9.47 Å². The topological polar surface area (TPSA) is 102 Å². The molecular formula is C21H20N4O4. The number of hydrogen-bond acceptors (Lipinski definition) is 6. The lowest BCUT2D eigenvalue weighted by atomic mass is 10.2. The molecule has 29 heavy (non-hydrogen) atoms. The first kappa shape index (κ1) is 19.8. The largest absolute Gasteiger partial charge is 0.497 e. The van der Waals surface area contributed by atoms with E-state index in [0.717, 1.165) is 5.56 Å². The minimum absolute atomic E-state index is 0.101. The number of anilines is 1. The molecule has 0 spiro atoms. The first-order valence-electron chi connectivity index (χ1n) is 8.77. The second-order valence-corrected chi connectivity index (χ2v) is 5.99. The molecule has 0 saturated heterocycles. The highest BCUT2D eigenvalue weighted by Crippen LogP contribution is 2.29. The summed E-state index contributed by atoms with van der Waals surface area (Å²) >= 11 is 0. The molecule has 1 aromatic carbocycles. The highest BCUT2D eigenvalue weighted by molar-refractivity contribution is 6.05. The molecule has 0 unspecified atom stereocenters. The molecule has 2 aromatic heterocycles. The normalized spacial score (nSPS) is 10.1. The van der Waals surface area contributed by atoms with Crippen molar-refractivity contribution in [1.82, 2.24) is 15.3 Å². The standard InChI is InChI=1S/C21H20N4O4/c1-28-16-5-6-19(29-2)17(11-16)25-21(27)18-10-15(7-9-23-18)20(26)24-13-14-4-3-8-22-12-14/h3-12H,13H2,1-2H3,(H,24,26)(H,25,27). The summed E-state index contributed by atoms with van der Waals surface area (Å²) in [7, 11) is 3.03. The Balaban J connectivity index is 1.72. The predicted octanol–water partition coefficient (Wildman–Crippen LogP) is 2.68. The van der Waals surface area contributed by atoms with Crippen LogP contribution in [0.15, 0.2) is 61.1 Å². The van der Waals surface area contributed by atoms with E-state index in [-0.39, 0.29) is 11.6 Å². The van der Waals surface area contributed by atoms with Crippen LogP contribution in [-0.4, -0.2) is 36.0 Å². The summed E-state index contributed by atoms with van der Waals surface area (Å²) in [6.45, 7) is 0.331. The second kappa shape index (κ2) is 9.32. The molecule has 2 amide bonds. The maximum absolute atomic E-state index is 12.6. The van der Waals surface area contributed by atoms with Crippen molar-refractivity contribution in [3.63, 3.8) is 0 Å². The molecule has 0 radical (unpaired) electrons. The number of nitrogens with one attached hydrogen (secondary N) is 2. The van der Waals surface area contributed by atoms with E-state index in [0.29, 0.717) is 29.3 Å². The monoisotopic (exact) mass is 392 g/mol. The van der Waals surface area contributed by atoms with E-state index >= 15 is 0 Å². The Morgan fingerprint density at radius 1 is 1.00 bits per heavy atom. The Bertz CT molecular complexity index is 1010. The number of nitrogens with zero attached hydrogens (tertiary/aromatic N) is 2. The van der Waals surface area contributed by atoms with E-state index in [9.17, 15) is 9.59 Å². The fraction of sp³-hybridized carbons (Fsp3) is 0.143. The van der Waals surface area contributed by atoms with Gasteiger partial charge in [0.25, 0.3) is 11.8 Å². The molecule has 2 heterocycles. The zero-order chi connectivity index (χ0) is 20.6. The van der Waals surface area contributed by atoms with Crippen LogP contribution in [0.1, 0.15) is 26.4 Å². The molecule has 0 fully saturated rings. The molecule has 0 aliphatic carbocycles. The average Bonchev–Trinajstić information content (AvgIpc) is 2.78. The summed E-state index contributed by atoms with van der Waals surface area (Å²) < 4.78 is 10.4. The van der Waals surface area contributed by atoms with Gasteiger partial charge in [-0.15, -0.1) is 0 Å². The summed E-state index contributed by atoms with van der Waals surface area (Å²) in [6.07, 6.45) is 4.75. The van der Waals surface area contributed by atoms with Crippen molar-refractivity contribution in [2.45, 2.75) is 6.54 Å². The van der Waals surface area contributed by atoms with Crippen LogP contribution in [0.4, 0.5) is 5.69 Å². The quantitative estimate of drug-likeness (QED) is 0.641. The van der Waals surface area contributed by atoms with Crippen molar-refractivity contribution < 1.29 is 19.1 Å². The maximum atomic E-state index is 12.6. The fourth-order valence-electron chi connectivity index (χ4n) is 2.58. The van der Waals surface area contributed by atoms with Crippen LogP contribution in [0.3, 0.4) is 0 Å². The molecule has 0 aliphatic heterocycles. The molecule has 0 atom stereocenters. The zero-order valence-electron chi connectivity index (χ0n) is 16.0. The molecule has 148 valence electrons. The number of methoxy groups -OCH3 is 2. The van der Waals surface area contributed by atoms with Crippen LogP contribution in [0, 0.1) is 0 Å². The van der Waals surface area contributed by atoms with Crippen molar-refractivity contribution in [2.75, 3.05) is 19.5 Å². The third-order valence-electron chi connectivity index (χ3n) is 4.09. The molecule has 3 aromatic rings. The molecule has 8 heteroatoms. The third kappa shape index (κ3) is 5.07. The van der Waals surface area contributed by atoms with E-state index in [2.05, 4.69) is 20.6 Å². The van der Waals surface area contributed by atoms with Crippen LogP contribution < -0.4 is 20.1 Å². The molecule has 0 saturated carbocycles. The number of pyridine rings is 2. The van der Waals surface area contributed by atoms with Gasteiger partial charge >= 0.3 is 0 Å². The van der Waals surface area contributed by atoms with Crippen molar-refractivity contribution in [2.24, 2.45) is 0 Å². The molecule has 8 nitrogen and oxygen atoms in total. The summed E-state index contributed by atoms with van der Waals surface area (Å²) in [5.41, 5.74) is 1.73. The first-order chi connectivity index (χ1) is 14.1. The van der Waals surface area contributed by atoms with Crippen LogP contribution in [0.25, 0.3) is 0 Å². The number of rotatable bonds is 7. The second-order valence-electron chi connectivity index (χ2n) is 5.99. The highest BCUT2D eigenvalue weighted by Gasteiger charge is 2.14. The number of carbonyl (C=O) groups excluding carboxylic acids is 2. The summed E-state index contributed by atoms with van der Waals surface area (Å²) in [6, 6.07) is 11.7. The maximum Gasteiger partial charge on any atom is 0.274 e. The smallest absolute Gasteiger partial charge is 0.274 e. The predicted molar refractivity (Wildman–Crippen MR) is 107 cm³/mol. The van der Waals surface area contributed by atoms with E-state index in [1.807, 2.05) is 6.07 Å². The van der Waals surface area contributed by atoms with Crippen molar-refractivity contribution in [3.05, 3.63) is 77.9 Å². The molecule has 0 bridgehead atoms. The van der Waals surface area contributed by atoms with Gasteiger partial charge in [-0.1, -0.05) is 6.07 Å². The van der Waals surface area contributed by atoms with Gasteiger partial charge in [0.05, 0.1) is 19.9 Å². The van der Waals surface area contributed by atoms with Gasteiger partial charge in [-0.2, -0.15) is 0 Å². The molecule has 3 rings (SSSR count). The Kier molecular flexibility index (Phi) is 6.36. The lowest BCUT2D eigenvalue weighted by Crippen LogP contribution is -2.23. The summed E-state index contributed by atoms with van der Waals surface area (Å²) in [5, 5.41) is 5.52. The SMILES string of the molecule is COc1ccc(OC)c(NC(=O)c2cc(C(=O)NCc3cccnc3)ccn2)c1. The Labute approximate surface area is 167 Å². The first-order valence-corrected chi connectivity index (χ1v) is 8.77. The molecular weight excluding hydrogens is 372 g/mol. The number of carbonyl (C=O) groups is 2. The van der Waals surface area contributed by atoms with Gasteiger partial charge in [-0.05, 0) is 35.9 Å². The van der Waals surface area contributed by atoms with Crippen molar-refractivity contribution >= 4 is 17.5 Å². The van der Waals surface area contributed by atoms with Gasteiger partial charge in [0.2, 0.25) is 0 Å². The summed E-state index contributed by atoms with van der Waals surface area (Å²) in [5.74, 6) is 0.254. The molecule has 0 aliphatic rings. The van der Waals surface area contributed by atoms with Crippen molar-refractivity contribution in [3.8, 4) is 11.5 Å². The van der Waals surface area contributed by atoms with E-state index in [1.54, 1.807) is 42.7 Å². The van der Waals surface area contributed by atoms with Gasteiger partial charge in [-0.3, -0.25) is 19.6 Å². The minimum Gasteiger partial charge on any atom is -0.497 e.